The van der Waals surface area contributed by atoms with E-state index in [1.165, 1.54) is 6.20 Å². The van der Waals surface area contributed by atoms with Crippen molar-refractivity contribution in [2.24, 2.45) is 0 Å². The molecule has 3 aromatic rings. The van der Waals surface area contributed by atoms with Gasteiger partial charge in [-0.15, -0.1) is 0 Å². The first-order valence-corrected chi connectivity index (χ1v) is 13.6. The molecule has 0 N–H and O–H groups in total. The molecule has 0 unspecified atom stereocenters. The largest absolute Gasteiger partial charge is 0.437 e. The van der Waals surface area contributed by atoms with Gasteiger partial charge in [0.2, 0.25) is 17.4 Å². The molecule has 1 fully saturated rings. The average Bonchev–Trinajstić information content (AvgIpc) is 3.26. The lowest BCUT2D eigenvalue weighted by molar-refractivity contribution is -0.141. The maximum absolute atomic E-state index is 13.5. The fourth-order valence-corrected chi connectivity index (χ4v) is 4.86. The molecule has 2 aromatic heterocycles. The summed E-state index contributed by atoms with van der Waals surface area (Å²) in [5.41, 5.74) is -0.529. The standard InChI is InChI=1S/C24H25F3N3O4P/c1-35(2,32)34-18-10-12-30(13-11-18)20-9-8-16(15-28-20)14-19(31)21-22(24(25,26)27)29-23(33-21)17-6-4-3-5-7-17/h3-9,15,18H,10-14H2,1-2H3. The first-order valence-electron chi connectivity index (χ1n) is 11.1. The van der Waals surface area contributed by atoms with E-state index < -0.39 is 30.8 Å². The van der Waals surface area contributed by atoms with E-state index in [4.69, 9.17) is 8.94 Å². The van der Waals surface area contributed by atoms with Crippen molar-refractivity contribution in [1.82, 2.24) is 9.97 Å². The molecule has 0 aliphatic carbocycles. The Kier molecular flexibility index (Phi) is 7.15. The van der Waals surface area contributed by atoms with E-state index in [1.807, 2.05) is 4.90 Å². The highest BCUT2D eigenvalue weighted by Gasteiger charge is 2.41. The molecular formula is C24H25F3N3O4P. The molecule has 1 aliphatic rings. The number of carbonyl (C=O) groups is 1. The van der Waals surface area contributed by atoms with Gasteiger partial charge in [0, 0.05) is 44.6 Å². The van der Waals surface area contributed by atoms with E-state index >= 15 is 0 Å². The third-order valence-electron chi connectivity index (χ3n) is 5.51. The van der Waals surface area contributed by atoms with Crippen molar-refractivity contribution in [1.29, 1.82) is 0 Å². The highest BCUT2D eigenvalue weighted by molar-refractivity contribution is 7.57. The summed E-state index contributed by atoms with van der Waals surface area (Å²) in [6.07, 6.45) is -2.30. The van der Waals surface area contributed by atoms with Crippen molar-refractivity contribution in [3.05, 3.63) is 65.7 Å². The molecular weight excluding hydrogens is 482 g/mol. The molecule has 1 aromatic carbocycles. The lowest BCUT2D eigenvalue weighted by atomic mass is 10.1. The second-order valence-electron chi connectivity index (χ2n) is 8.73. The monoisotopic (exact) mass is 507 g/mol. The van der Waals surface area contributed by atoms with E-state index in [9.17, 15) is 22.5 Å². The van der Waals surface area contributed by atoms with Gasteiger partial charge in [-0.3, -0.25) is 9.36 Å². The smallest absolute Gasteiger partial charge is 0.432 e. The van der Waals surface area contributed by atoms with Crippen LogP contribution in [0.5, 0.6) is 0 Å². The Bertz CT molecular complexity index is 1220. The lowest BCUT2D eigenvalue weighted by Crippen LogP contribution is -2.37. The van der Waals surface area contributed by atoms with E-state index in [-0.39, 0.29) is 18.4 Å². The number of oxazole rings is 1. The van der Waals surface area contributed by atoms with Gasteiger partial charge in [-0.2, -0.15) is 13.2 Å². The quantitative estimate of drug-likeness (QED) is 0.299. The van der Waals surface area contributed by atoms with Gasteiger partial charge in [0.05, 0.1) is 6.10 Å². The molecule has 0 spiro atoms. The Morgan fingerprint density at radius 3 is 2.40 bits per heavy atom. The minimum atomic E-state index is -4.83. The van der Waals surface area contributed by atoms with Crippen LogP contribution < -0.4 is 4.90 Å². The Morgan fingerprint density at radius 2 is 1.83 bits per heavy atom. The van der Waals surface area contributed by atoms with E-state index in [0.29, 0.717) is 42.9 Å². The highest BCUT2D eigenvalue weighted by Crippen LogP contribution is 2.41. The van der Waals surface area contributed by atoms with Crippen LogP contribution in [0.2, 0.25) is 0 Å². The van der Waals surface area contributed by atoms with Crippen LogP contribution in [0.4, 0.5) is 19.0 Å². The van der Waals surface area contributed by atoms with Gasteiger partial charge in [-0.25, -0.2) is 9.97 Å². The third kappa shape index (κ3) is 6.38. The van der Waals surface area contributed by atoms with Crippen molar-refractivity contribution in [3.63, 3.8) is 0 Å². The zero-order valence-corrected chi connectivity index (χ0v) is 20.2. The van der Waals surface area contributed by atoms with Crippen molar-refractivity contribution in [2.75, 3.05) is 31.3 Å². The zero-order chi connectivity index (χ0) is 25.2. The van der Waals surface area contributed by atoms with Crippen LogP contribution >= 0.6 is 7.37 Å². The second kappa shape index (κ2) is 9.95. The summed E-state index contributed by atoms with van der Waals surface area (Å²) in [4.78, 5) is 22.7. The maximum Gasteiger partial charge on any atom is 0.437 e. The predicted molar refractivity (Wildman–Crippen MR) is 125 cm³/mol. The summed E-state index contributed by atoms with van der Waals surface area (Å²) < 4.78 is 63.4. The number of alkyl halides is 3. The predicted octanol–water partition coefficient (Wildman–Crippen LogP) is 5.70. The van der Waals surface area contributed by atoms with E-state index in [2.05, 4.69) is 9.97 Å². The molecule has 0 saturated carbocycles. The Labute approximate surface area is 200 Å². The molecule has 0 amide bonds. The number of piperidine rings is 1. The van der Waals surface area contributed by atoms with E-state index in [1.54, 1.807) is 55.8 Å². The summed E-state index contributed by atoms with van der Waals surface area (Å²) in [6.45, 7) is 4.54. The second-order valence-corrected chi connectivity index (χ2v) is 11.4. The number of halogens is 3. The molecule has 186 valence electrons. The minimum absolute atomic E-state index is 0.0607. The fraction of sp³-hybridized carbons (Fsp3) is 0.375. The molecule has 35 heavy (non-hydrogen) atoms. The van der Waals surface area contributed by atoms with Gasteiger partial charge < -0.3 is 13.8 Å². The summed E-state index contributed by atoms with van der Waals surface area (Å²) in [6, 6.07) is 11.5. The highest BCUT2D eigenvalue weighted by atomic mass is 31.2. The lowest BCUT2D eigenvalue weighted by Gasteiger charge is -2.33. The summed E-state index contributed by atoms with van der Waals surface area (Å²) in [7, 11) is -2.55. The number of aromatic nitrogens is 2. The van der Waals surface area contributed by atoms with Crippen molar-refractivity contribution in [3.8, 4) is 11.5 Å². The van der Waals surface area contributed by atoms with Gasteiger partial charge in [-0.05, 0) is 36.6 Å². The Hall–Kier alpha value is -2.97. The van der Waals surface area contributed by atoms with E-state index in [0.717, 1.165) is 0 Å². The number of rotatable bonds is 7. The number of pyridine rings is 1. The molecule has 4 rings (SSSR count). The van der Waals surface area contributed by atoms with Crippen LogP contribution in [-0.2, 0) is 21.7 Å². The SMILES string of the molecule is CP(C)(=O)OC1CCN(c2ccc(CC(=O)c3oc(-c4ccccc4)nc3C(F)(F)F)cn2)CC1. The number of Topliss-reactive ketones (excluding diaryl/α,β-unsaturated/α-hetero) is 1. The third-order valence-corrected chi connectivity index (χ3v) is 6.32. The van der Waals surface area contributed by atoms with Crippen LogP contribution in [-0.4, -0.2) is 48.3 Å². The van der Waals surface area contributed by atoms with Gasteiger partial charge in [0.1, 0.15) is 5.82 Å². The number of hydrogen-bond donors (Lipinski definition) is 0. The van der Waals surface area contributed by atoms with Gasteiger partial charge >= 0.3 is 6.18 Å². The Morgan fingerprint density at radius 1 is 1.14 bits per heavy atom. The average molecular weight is 507 g/mol. The van der Waals surface area contributed by atoms with Crippen molar-refractivity contribution in [2.45, 2.75) is 31.5 Å². The molecule has 1 aliphatic heterocycles. The molecule has 0 bridgehead atoms. The number of anilines is 1. The molecule has 0 atom stereocenters. The first kappa shape index (κ1) is 25.1. The Balaban J connectivity index is 1.44. The number of nitrogens with zero attached hydrogens (tertiary/aromatic N) is 3. The van der Waals surface area contributed by atoms with Gasteiger partial charge in [0.25, 0.3) is 0 Å². The number of hydrogen-bond acceptors (Lipinski definition) is 7. The van der Waals surface area contributed by atoms with Crippen LogP contribution in [0.3, 0.4) is 0 Å². The number of ketones is 1. The minimum Gasteiger partial charge on any atom is -0.432 e. The van der Waals surface area contributed by atoms with Crippen molar-refractivity contribution < 1.29 is 31.5 Å². The first-order chi connectivity index (χ1) is 16.5. The van der Waals surface area contributed by atoms with Gasteiger partial charge in [-0.1, -0.05) is 24.3 Å². The van der Waals surface area contributed by atoms with Crippen LogP contribution in [0.15, 0.2) is 53.1 Å². The maximum atomic E-state index is 13.5. The molecule has 3 heterocycles. The number of benzene rings is 1. The molecule has 11 heteroatoms. The van der Waals surface area contributed by atoms with Crippen LogP contribution in [0, 0.1) is 0 Å². The molecule has 7 nitrogen and oxygen atoms in total. The van der Waals surface area contributed by atoms with Crippen LogP contribution in [0.25, 0.3) is 11.5 Å². The van der Waals surface area contributed by atoms with Gasteiger partial charge in [0.15, 0.2) is 13.1 Å². The van der Waals surface area contributed by atoms with Crippen LogP contribution in [0.1, 0.15) is 34.7 Å². The summed E-state index contributed by atoms with van der Waals surface area (Å²) in [5.74, 6) is -1.21. The molecule has 1 saturated heterocycles. The zero-order valence-electron chi connectivity index (χ0n) is 19.3. The molecule has 0 radical (unpaired) electrons. The number of carbonyl (C=O) groups excluding carboxylic acids is 1. The summed E-state index contributed by atoms with van der Waals surface area (Å²) in [5, 5.41) is 0. The fourth-order valence-electron chi connectivity index (χ4n) is 3.93. The normalized spacial score (nSPS) is 15.4. The topological polar surface area (TPSA) is 85.5 Å². The van der Waals surface area contributed by atoms with Crippen molar-refractivity contribution >= 4 is 19.0 Å². The summed E-state index contributed by atoms with van der Waals surface area (Å²) >= 11 is 0.